The van der Waals surface area contributed by atoms with Crippen LogP contribution < -0.4 is 0 Å². The smallest absolute Gasteiger partial charge is 0.253 e. The molecule has 0 radical (unpaired) electrons. The molecule has 20 heavy (non-hydrogen) atoms. The molecular weight excluding hydrogens is 335 g/mol. The number of rotatable bonds is 2. The summed E-state index contributed by atoms with van der Waals surface area (Å²) >= 11 is 14.1. The highest BCUT2D eigenvalue weighted by Crippen LogP contribution is 2.50. The van der Waals surface area contributed by atoms with Gasteiger partial charge in [0.2, 0.25) is 0 Å². The predicted octanol–water partition coefficient (Wildman–Crippen LogP) is 5.06. The number of carbonyl (C=O) groups is 2. The quantitative estimate of drug-likeness (QED) is 0.610. The van der Waals surface area contributed by atoms with Gasteiger partial charge in [-0.15, -0.1) is 0 Å². The van der Waals surface area contributed by atoms with Crippen LogP contribution in [-0.4, -0.2) is 10.5 Å². The fourth-order valence-corrected chi connectivity index (χ4v) is 4.61. The molecular formula is C14H6Cl2O2S2. The molecule has 0 amide bonds. The summed E-state index contributed by atoms with van der Waals surface area (Å²) in [5.74, 6) is 0. The lowest BCUT2D eigenvalue weighted by molar-refractivity contribution is 0.107. The van der Waals surface area contributed by atoms with Crippen LogP contribution >= 0.6 is 46.7 Å². The third-order valence-corrected chi connectivity index (χ3v) is 5.81. The number of hydrogen-bond acceptors (Lipinski definition) is 4. The minimum absolute atomic E-state index is 0.464. The van der Waals surface area contributed by atoms with Crippen LogP contribution in [-0.2, 0) is 0 Å². The molecule has 2 nitrogen and oxygen atoms in total. The Bertz CT molecular complexity index is 744. The van der Waals surface area contributed by atoms with Gasteiger partial charge >= 0.3 is 0 Å². The molecule has 1 heterocycles. The second-order valence-electron chi connectivity index (χ2n) is 4.05. The average molecular weight is 341 g/mol. The monoisotopic (exact) mass is 340 g/mol. The molecule has 1 aliphatic rings. The molecule has 0 aliphatic carbocycles. The molecule has 0 aromatic heterocycles. The molecule has 1 aliphatic heterocycles. The number of carbonyl (C=O) groups excluding carboxylic acids is 2. The summed E-state index contributed by atoms with van der Waals surface area (Å²) < 4.78 is 0. The lowest BCUT2D eigenvalue weighted by Gasteiger charge is -2.20. The van der Waals surface area contributed by atoms with Gasteiger partial charge in [0.1, 0.15) is 0 Å². The van der Waals surface area contributed by atoms with Crippen LogP contribution in [0.15, 0.2) is 56.0 Å². The maximum absolute atomic E-state index is 11.5. The fourth-order valence-electron chi connectivity index (χ4n) is 1.88. The molecule has 0 saturated carbocycles. The zero-order chi connectivity index (χ0) is 14.3. The maximum atomic E-state index is 11.5. The van der Waals surface area contributed by atoms with Crippen LogP contribution in [0.2, 0.25) is 0 Å². The van der Waals surface area contributed by atoms with Crippen molar-refractivity contribution in [2.45, 2.75) is 19.6 Å². The third kappa shape index (κ3) is 2.49. The Labute approximate surface area is 133 Å². The van der Waals surface area contributed by atoms with E-state index >= 15 is 0 Å². The Hall–Kier alpha value is -0.940. The van der Waals surface area contributed by atoms with Crippen molar-refractivity contribution in [3.8, 4) is 0 Å². The van der Waals surface area contributed by atoms with Gasteiger partial charge in [-0.2, -0.15) is 0 Å². The van der Waals surface area contributed by atoms with E-state index in [0.29, 0.717) is 11.1 Å². The van der Waals surface area contributed by atoms with E-state index in [2.05, 4.69) is 0 Å². The highest BCUT2D eigenvalue weighted by molar-refractivity contribution is 8.05. The summed E-state index contributed by atoms with van der Waals surface area (Å²) in [6.45, 7) is 0. The Morgan fingerprint density at radius 2 is 1.65 bits per heavy atom. The summed E-state index contributed by atoms with van der Waals surface area (Å²) in [6.07, 6.45) is 0. The van der Waals surface area contributed by atoms with Crippen LogP contribution in [0.3, 0.4) is 0 Å². The standard InChI is InChI=1S/C14H6Cl2O2S2/c15-13(17)7-4-5-9-11(6-7)19-10-3-1-2-8(14(16)18)12(10)20-9/h1-6H. The SMILES string of the molecule is O=C(Cl)c1ccc2c(c1)Sc1cccc(C(=O)Cl)c1S2. The molecule has 6 heteroatoms. The summed E-state index contributed by atoms with van der Waals surface area (Å²) in [5, 5.41) is -0.945. The predicted molar refractivity (Wildman–Crippen MR) is 81.5 cm³/mol. The summed E-state index contributed by atoms with van der Waals surface area (Å²) in [4.78, 5) is 26.4. The number of halogens is 2. The molecule has 0 N–H and O–H groups in total. The number of benzene rings is 2. The van der Waals surface area contributed by atoms with Crippen LogP contribution in [0, 0.1) is 0 Å². The van der Waals surface area contributed by atoms with Crippen LogP contribution in [0.1, 0.15) is 20.7 Å². The Morgan fingerprint density at radius 3 is 2.35 bits per heavy atom. The van der Waals surface area contributed by atoms with Gasteiger partial charge in [0.25, 0.3) is 10.5 Å². The normalized spacial score (nSPS) is 12.5. The van der Waals surface area contributed by atoms with E-state index in [0.717, 1.165) is 19.6 Å². The van der Waals surface area contributed by atoms with E-state index in [1.165, 1.54) is 23.5 Å². The molecule has 0 atom stereocenters. The fraction of sp³-hybridized carbons (Fsp3) is 0. The molecule has 0 spiro atoms. The molecule has 2 aromatic carbocycles. The first-order valence-electron chi connectivity index (χ1n) is 5.58. The van der Waals surface area contributed by atoms with Crippen LogP contribution in [0.4, 0.5) is 0 Å². The van der Waals surface area contributed by atoms with Gasteiger partial charge < -0.3 is 0 Å². The molecule has 0 fully saturated rings. The van der Waals surface area contributed by atoms with Gasteiger partial charge in [0, 0.05) is 30.7 Å². The lowest BCUT2D eigenvalue weighted by Crippen LogP contribution is -1.99. The molecule has 2 aromatic rings. The van der Waals surface area contributed by atoms with Crippen LogP contribution in [0.5, 0.6) is 0 Å². The first-order chi connectivity index (χ1) is 9.56. The number of hydrogen-bond donors (Lipinski definition) is 0. The summed E-state index contributed by atoms with van der Waals surface area (Å²) in [7, 11) is 0. The summed E-state index contributed by atoms with van der Waals surface area (Å²) in [6, 6.07) is 10.7. The zero-order valence-corrected chi connectivity index (χ0v) is 13.0. The van der Waals surface area contributed by atoms with Crippen molar-refractivity contribution in [1.29, 1.82) is 0 Å². The first kappa shape index (κ1) is 14.0. The second-order valence-corrected chi connectivity index (χ2v) is 6.87. The Kier molecular flexibility index (Phi) is 3.82. The van der Waals surface area contributed by atoms with Gasteiger partial charge in [-0.05, 0) is 53.5 Å². The van der Waals surface area contributed by atoms with Gasteiger partial charge in [0.15, 0.2) is 0 Å². The molecule has 3 rings (SSSR count). The Balaban J connectivity index is 2.08. The minimum Gasteiger partial charge on any atom is -0.276 e. The highest BCUT2D eigenvalue weighted by Gasteiger charge is 2.22. The van der Waals surface area contributed by atoms with E-state index in [-0.39, 0.29) is 0 Å². The van der Waals surface area contributed by atoms with Gasteiger partial charge in [0.05, 0.1) is 0 Å². The van der Waals surface area contributed by atoms with Gasteiger partial charge in [-0.25, -0.2) is 0 Å². The van der Waals surface area contributed by atoms with Crippen molar-refractivity contribution in [3.63, 3.8) is 0 Å². The molecule has 100 valence electrons. The topological polar surface area (TPSA) is 34.1 Å². The largest absolute Gasteiger partial charge is 0.276 e. The van der Waals surface area contributed by atoms with Gasteiger partial charge in [-0.3, -0.25) is 9.59 Å². The average Bonchev–Trinajstić information content (AvgIpc) is 2.43. The summed E-state index contributed by atoms with van der Waals surface area (Å²) in [5.41, 5.74) is 0.969. The lowest BCUT2D eigenvalue weighted by atomic mass is 10.2. The van der Waals surface area contributed by atoms with E-state index in [9.17, 15) is 9.59 Å². The van der Waals surface area contributed by atoms with Crippen molar-refractivity contribution in [1.82, 2.24) is 0 Å². The van der Waals surface area contributed by atoms with Crippen molar-refractivity contribution in [2.75, 3.05) is 0 Å². The van der Waals surface area contributed by atoms with Gasteiger partial charge in [-0.1, -0.05) is 29.6 Å². The molecule has 0 bridgehead atoms. The molecule has 0 saturated heterocycles. The van der Waals surface area contributed by atoms with E-state index in [1.807, 2.05) is 12.1 Å². The van der Waals surface area contributed by atoms with E-state index < -0.39 is 10.5 Å². The third-order valence-electron chi connectivity index (χ3n) is 2.79. The van der Waals surface area contributed by atoms with Crippen molar-refractivity contribution in [2.24, 2.45) is 0 Å². The minimum atomic E-state index is -0.478. The zero-order valence-electron chi connectivity index (χ0n) is 9.85. The van der Waals surface area contributed by atoms with E-state index in [1.54, 1.807) is 24.3 Å². The van der Waals surface area contributed by atoms with Crippen molar-refractivity contribution in [3.05, 3.63) is 47.5 Å². The van der Waals surface area contributed by atoms with Crippen LogP contribution in [0.25, 0.3) is 0 Å². The molecule has 0 unspecified atom stereocenters. The van der Waals surface area contributed by atoms with E-state index in [4.69, 9.17) is 23.2 Å². The van der Waals surface area contributed by atoms with Crippen molar-refractivity contribution >= 4 is 57.2 Å². The second kappa shape index (κ2) is 5.45. The Morgan fingerprint density at radius 1 is 0.850 bits per heavy atom. The first-order valence-corrected chi connectivity index (χ1v) is 7.97. The number of fused-ring (bicyclic) bond motifs is 2. The maximum Gasteiger partial charge on any atom is 0.253 e. The van der Waals surface area contributed by atoms with Crippen molar-refractivity contribution < 1.29 is 9.59 Å². The highest BCUT2D eigenvalue weighted by atomic mass is 35.5.